The molecule has 28 heavy (non-hydrogen) atoms. The van der Waals surface area contributed by atoms with Gasteiger partial charge in [-0.05, 0) is 38.3 Å². The van der Waals surface area contributed by atoms with Gasteiger partial charge < -0.3 is 14.8 Å². The number of aromatic nitrogens is 3. The Morgan fingerprint density at radius 2 is 1.89 bits per heavy atom. The van der Waals surface area contributed by atoms with Crippen molar-refractivity contribution in [2.75, 3.05) is 19.6 Å². The number of piperidine rings is 1. The van der Waals surface area contributed by atoms with Crippen LogP contribution in [0.5, 0.6) is 0 Å². The zero-order valence-corrected chi connectivity index (χ0v) is 17.0. The fourth-order valence-electron chi connectivity index (χ4n) is 4.46. The first-order valence-electron chi connectivity index (χ1n) is 10.6. The van der Waals surface area contributed by atoms with Crippen LogP contribution in [0.3, 0.4) is 0 Å². The van der Waals surface area contributed by atoms with Crippen LogP contribution < -0.4 is 5.32 Å². The highest BCUT2D eigenvalue weighted by Gasteiger charge is 2.29. The zero-order valence-electron chi connectivity index (χ0n) is 17.0. The number of likely N-dealkylation sites (tertiary alicyclic amines) is 1. The molecule has 1 fully saturated rings. The van der Waals surface area contributed by atoms with Gasteiger partial charge in [-0.1, -0.05) is 44.2 Å². The Bertz CT molecular complexity index is 793. The van der Waals surface area contributed by atoms with Crippen molar-refractivity contribution in [1.82, 2.24) is 25.0 Å². The topological polar surface area (TPSA) is 63.1 Å². The number of fused-ring (bicyclic) bond motifs is 1. The minimum Gasteiger partial charge on any atom is -0.351 e. The molecule has 0 aliphatic carbocycles. The standard InChI is InChI=1S/C22H31N5O/c1-16(2)14-26-12-10-18(11-13-26)22(28)23-19-8-9-20-24-25-21(27(20)15-19)17-6-4-3-5-7-17/h3-7,16,18-19H,8-15H2,1-2H3,(H,23,28)/t19-/m0/s1. The molecular formula is C22H31N5O. The SMILES string of the molecule is CC(C)CN1CCC(C(=O)N[C@H]2CCc3nnc(-c4ccccc4)n3C2)CC1. The largest absolute Gasteiger partial charge is 0.351 e. The summed E-state index contributed by atoms with van der Waals surface area (Å²) in [5.41, 5.74) is 1.07. The van der Waals surface area contributed by atoms with E-state index >= 15 is 0 Å². The number of aryl methyl sites for hydroxylation is 1. The number of hydrogen-bond donors (Lipinski definition) is 1. The normalized spacial score (nSPS) is 20.9. The monoisotopic (exact) mass is 381 g/mol. The highest BCUT2D eigenvalue weighted by Crippen LogP contribution is 2.24. The average molecular weight is 382 g/mol. The molecule has 2 aliphatic rings. The molecule has 0 saturated carbocycles. The van der Waals surface area contributed by atoms with Crippen LogP contribution in [0.1, 0.15) is 38.9 Å². The number of nitrogens with one attached hydrogen (secondary N) is 1. The van der Waals surface area contributed by atoms with Crippen LogP contribution in [-0.4, -0.2) is 51.2 Å². The van der Waals surface area contributed by atoms with E-state index in [0.717, 1.165) is 69.1 Å². The van der Waals surface area contributed by atoms with Gasteiger partial charge in [0.1, 0.15) is 5.82 Å². The number of carbonyl (C=O) groups excluding carboxylic acids is 1. The number of nitrogens with zero attached hydrogens (tertiary/aromatic N) is 4. The van der Waals surface area contributed by atoms with Crippen LogP contribution >= 0.6 is 0 Å². The maximum Gasteiger partial charge on any atom is 0.223 e. The van der Waals surface area contributed by atoms with Crippen molar-refractivity contribution in [3.05, 3.63) is 36.2 Å². The molecule has 1 atom stereocenters. The molecular weight excluding hydrogens is 350 g/mol. The van der Waals surface area contributed by atoms with Gasteiger partial charge in [0, 0.05) is 37.0 Å². The number of hydrogen-bond acceptors (Lipinski definition) is 4. The minimum absolute atomic E-state index is 0.152. The first-order valence-corrected chi connectivity index (χ1v) is 10.6. The van der Waals surface area contributed by atoms with E-state index in [1.165, 1.54) is 0 Å². The van der Waals surface area contributed by atoms with Crippen LogP contribution in [0.25, 0.3) is 11.4 Å². The molecule has 4 rings (SSSR count). The second-order valence-electron chi connectivity index (χ2n) is 8.63. The van der Waals surface area contributed by atoms with Crippen molar-refractivity contribution in [1.29, 1.82) is 0 Å². The summed E-state index contributed by atoms with van der Waals surface area (Å²) >= 11 is 0. The molecule has 6 nitrogen and oxygen atoms in total. The molecule has 1 saturated heterocycles. The Kier molecular flexibility index (Phi) is 5.76. The van der Waals surface area contributed by atoms with Gasteiger partial charge in [0.05, 0.1) is 0 Å². The summed E-state index contributed by atoms with van der Waals surface area (Å²) < 4.78 is 2.18. The minimum atomic E-state index is 0.152. The summed E-state index contributed by atoms with van der Waals surface area (Å²) in [6.07, 6.45) is 3.74. The zero-order chi connectivity index (χ0) is 19.5. The average Bonchev–Trinajstić information content (AvgIpc) is 3.12. The Hall–Kier alpha value is -2.21. The number of rotatable bonds is 5. The molecule has 3 heterocycles. The van der Waals surface area contributed by atoms with Gasteiger partial charge in [0.2, 0.25) is 5.91 Å². The van der Waals surface area contributed by atoms with Crippen molar-refractivity contribution < 1.29 is 4.79 Å². The number of benzene rings is 1. The highest BCUT2D eigenvalue weighted by molar-refractivity contribution is 5.79. The van der Waals surface area contributed by atoms with Gasteiger partial charge in [-0.15, -0.1) is 10.2 Å². The van der Waals surface area contributed by atoms with Crippen LogP contribution in [0.15, 0.2) is 30.3 Å². The molecule has 2 aliphatic heterocycles. The van der Waals surface area contributed by atoms with E-state index in [9.17, 15) is 4.79 Å². The molecule has 1 aromatic carbocycles. The van der Waals surface area contributed by atoms with Gasteiger partial charge in [-0.3, -0.25) is 4.79 Å². The predicted octanol–water partition coefficient (Wildman–Crippen LogP) is 2.74. The van der Waals surface area contributed by atoms with E-state index in [-0.39, 0.29) is 17.9 Å². The van der Waals surface area contributed by atoms with Gasteiger partial charge in [-0.25, -0.2) is 0 Å². The van der Waals surface area contributed by atoms with Crippen LogP contribution in [-0.2, 0) is 17.8 Å². The lowest BCUT2D eigenvalue weighted by atomic mass is 9.94. The maximum absolute atomic E-state index is 12.8. The second-order valence-corrected chi connectivity index (χ2v) is 8.63. The Morgan fingerprint density at radius 3 is 2.61 bits per heavy atom. The van der Waals surface area contributed by atoms with Crippen molar-refractivity contribution in [2.45, 2.75) is 52.1 Å². The van der Waals surface area contributed by atoms with E-state index < -0.39 is 0 Å². The van der Waals surface area contributed by atoms with E-state index in [0.29, 0.717) is 5.92 Å². The first-order chi connectivity index (χ1) is 13.6. The second kappa shape index (κ2) is 8.43. The summed E-state index contributed by atoms with van der Waals surface area (Å²) in [6, 6.07) is 10.3. The van der Waals surface area contributed by atoms with E-state index in [2.05, 4.69) is 51.0 Å². The summed E-state index contributed by atoms with van der Waals surface area (Å²) in [5.74, 6) is 2.98. The van der Waals surface area contributed by atoms with Crippen molar-refractivity contribution in [2.24, 2.45) is 11.8 Å². The molecule has 1 amide bonds. The third-order valence-electron chi connectivity index (χ3n) is 5.91. The van der Waals surface area contributed by atoms with Gasteiger partial charge >= 0.3 is 0 Å². The van der Waals surface area contributed by atoms with Crippen LogP contribution in [0, 0.1) is 11.8 Å². The van der Waals surface area contributed by atoms with E-state index in [1.807, 2.05) is 18.2 Å². The van der Waals surface area contributed by atoms with E-state index in [1.54, 1.807) is 0 Å². The first kappa shape index (κ1) is 19.1. The summed E-state index contributed by atoms with van der Waals surface area (Å²) in [6.45, 7) is 8.47. The smallest absolute Gasteiger partial charge is 0.223 e. The van der Waals surface area contributed by atoms with Crippen LogP contribution in [0.2, 0.25) is 0 Å². The third-order valence-corrected chi connectivity index (χ3v) is 5.91. The highest BCUT2D eigenvalue weighted by atomic mass is 16.2. The van der Waals surface area contributed by atoms with Crippen molar-refractivity contribution >= 4 is 5.91 Å². The summed E-state index contributed by atoms with van der Waals surface area (Å²) in [4.78, 5) is 15.3. The molecule has 1 N–H and O–H groups in total. The number of carbonyl (C=O) groups is 1. The lowest BCUT2D eigenvalue weighted by Gasteiger charge is -2.33. The van der Waals surface area contributed by atoms with Crippen molar-refractivity contribution in [3.63, 3.8) is 0 Å². The molecule has 0 spiro atoms. The lowest BCUT2D eigenvalue weighted by molar-refractivity contribution is -0.127. The summed E-state index contributed by atoms with van der Waals surface area (Å²) in [5, 5.41) is 12.1. The van der Waals surface area contributed by atoms with Crippen molar-refractivity contribution in [3.8, 4) is 11.4 Å². The van der Waals surface area contributed by atoms with Gasteiger partial charge in [-0.2, -0.15) is 0 Å². The third kappa shape index (κ3) is 4.27. The molecule has 150 valence electrons. The van der Waals surface area contributed by atoms with Crippen LogP contribution in [0.4, 0.5) is 0 Å². The molecule has 0 radical (unpaired) electrons. The lowest BCUT2D eigenvalue weighted by Crippen LogP contribution is -2.47. The maximum atomic E-state index is 12.8. The fourth-order valence-corrected chi connectivity index (χ4v) is 4.46. The molecule has 2 aromatic rings. The van der Waals surface area contributed by atoms with Gasteiger partial charge in [0.15, 0.2) is 5.82 Å². The fraction of sp³-hybridized carbons (Fsp3) is 0.591. The quantitative estimate of drug-likeness (QED) is 0.865. The van der Waals surface area contributed by atoms with Gasteiger partial charge in [0.25, 0.3) is 0 Å². The predicted molar refractivity (Wildman–Crippen MR) is 110 cm³/mol. The molecule has 6 heteroatoms. The molecule has 0 bridgehead atoms. The Balaban J connectivity index is 1.35. The molecule has 0 unspecified atom stereocenters. The number of amides is 1. The molecule has 1 aromatic heterocycles. The summed E-state index contributed by atoms with van der Waals surface area (Å²) in [7, 11) is 0. The van der Waals surface area contributed by atoms with E-state index in [4.69, 9.17) is 0 Å². The Morgan fingerprint density at radius 1 is 1.14 bits per heavy atom. The Labute approximate surface area is 167 Å².